The van der Waals surface area contributed by atoms with Crippen LogP contribution in [0.1, 0.15) is 17.5 Å². The Balaban J connectivity index is 1.42. The summed E-state index contributed by atoms with van der Waals surface area (Å²) < 4.78 is 25.6. The summed E-state index contributed by atoms with van der Waals surface area (Å²) >= 11 is 0. The van der Waals surface area contributed by atoms with Crippen LogP contribution < -0.4 is 0 Å². The molecule has 2 aromatic carbocycles. The minimum Gasteiger partial charge on any atom is -0.298 e. The van der Waals surface area contributed by atoms with Crippen molar-refractivity contribution in [2.45, 2.75) is 30.7 Å². The molecule has 0 radical (unpaired) electrons. The van der Waals surface area contributed by atoms with Gasteiger partial charge in [0.25, 0.3) is 0 Å². The van der Waals surface area contributed by atoms with Crippen LogP contribution in [0, 0.1) is 0 Å². The second-order valence-electron chi connectivity index (χ2n) is 7.75. The van der Waals surface area contributed by atoms with Crippen molar-refractivity contribution in [1.29, 1.82) is 0 Å². The molecule has 0 saturated carbocycles. The first-order valence-electron chi connectivity index (χ1n) is 9.88. The molecule has 5 heteroatoms. The van der Waals surface area contributed by atoms with Gasteiger partial charge >= 0.3 is 0 Å². The highest BCUT2D eigenvalue weighted by atomic mass is 32.2. The fourth-order valence-corrected chi connectivity index (χ4v) is 6.50. The van der Waals surface area contributed by atoms with E-state index >= 15 is 0 Å². The summed E-state index contributed by atoms with van der Waals surface area (Å²) in [5.74, 6) is 0.294. The molecule has 0 spiro atoms. The first-order chi connectivity index (χ1) is 13.1. The first-order valence-corrected chi connectivity index (χ1v) is 11.6. The van der Waals surface area contributed by atoms with E-state index in [0.29, 0.717) is 18.8 Å². The van der Waals surface area contributed by atoms with Gasteiger partial charge in [-0.2, -0.15) is 0 Å². The van der Waals surface area contributed by atoms with Crippen molar-refractivity contribution in [2.75, 3.05) is 31.9 Å². The highest BCUT2D eigenvalue weighted by Crippen LogP contribution is 2.28. The topological polar surface area (TPSA) is 40.6 Å². The summed E-state index contributed by atoms with van der Waals surface area (Å²) in [5, 5.41) is -0.250. The molecule has 144 valence electrons. The quantitative estimate of drug-likeness (QED) is 0.795. The zero-order valence-electron chi connectivity index (χ0n) is 15.7. The maximum atomic E-state index is 12.8. The standard InChI is InChI=1S/C22H28N2O2S/c25-27(26)16-15-24(14-11-19-7-3-1-4-8-19)21-12-13-23(18-22(21)27)17-20-9-5-2-6-10-20/h1-10,21-22H,11-18H2/t21-,22-/m1/s1. The van der Waals surface area contributed by atoms with E-state index in [0.717, 1.165) is 32.5 Å². The van der Waals surface area contributed by atoms with Gasteiger partial charge in [0.05, 0.1) is 11.0 Å². The molecule has 4 nitrogen and oxygen atoms in total. The second kappa shape index (κ2) is 8.13. The minimum absolute atomic E-state index is 0.166. The molecule has 0 aromatic heterocycles. The first kappa shape index (κ1) is 18.7. The lowest BCUT2D eigenvalue weighted by Gasteiger charge is -2.46. The van der Waals surface area contributed by atoms with Crippen molar-refractivity contribution >= 4 is 9.84 Å². The Bertz CT molecular complexity index is 839. The lowest BCUT2D eigenvalue weighted by molar-refractivity contribution is 0.105. The maximum absolute atomic E-state index is 12.8. The summed E-state index contributed by atoms with van der Waals surface area (Å²) in [5.41, 5.74) is 2.58. The van der Waals surface area contributed by atoms with Crippen molar-refractivity contribution in [2.24, 2.45) is 0 Å². The van der Waals surface area contributed by atoms with E-state index in [1.165, 1.54) is 11.1 Å². The van der Waals surface area contributed by atoms with Gasteiger partial charge in [-0.3, -0.25) is 9.80 Å². The van der Waals surface area contributed by atoms with Crippen molar-refractivity contribution in [3.8, 4) is 0 Å². The molecule has 0 bridgehead atoms. The Morgan fingerprint density at radius 1 is 0.889 bits per heavy atom. The number of likely N-dealkylation sites (tertiary alicyclic amines) is 1. The van der Waals surface area contributed by atoms with Gasteiger partial charge in [-0.1, -0.05) is 60.7 Å². The molecule has 0 N–H and O–H groups in total. The highest BCUT2D eigenvalue weighted by Gasteiger charge is 2.44. The van der Waals surface area contributed by atoms with Crippen LogP contribution in [0.3, 0.4) is 0 Å². The fraction of sp³-hybridized carbons (Fsp3) is 0.455. The van der Waals surface area contributed by atoms with Crippen LogP contribution >= 0.6 is 0 Å². The summed E-state index contributed by atoms with van der Waals surface area (Å²) in [6.45, 7) is 4.08. The van der Waals surface area contributed by atoms with Crippen molar-refractivity contribution in [1.82, 2.24) is 9.80 Å². The van der Waals surface area contributed by atoms with Gasteiger partial charge in [0.2, 0.25) is 0 Å². The van der Waals surface area contributed by atoms with Gasteiger partial charge < -0.3 is 0 Å². The summed E-state index contributed by atoms with van der Waals surface area (Å²) in [6.07, 6.45) is 1.92. The number of piperidine rings is 1. The molecule has 27 heavy (non-hydrogen) atoms. The summed E-state index contributed by atoms with van der Waals surface area (Å²) in [7, 11) is -3.01. The molecule has 2 atom stereocenters. The molecule has 0 aliphatic carbocycles. The van der Waals surface area contributed by atoms with Gasteiger partial charge in [-0.05, 0) is 24.0 Å². The van der Waals surface area contributed by atoms with Gasteiger partial charge in [-0.25, -0.2) is 8.42 Å². The van der Waals surface area contributed by atoms with Crippen molar-refractivity contribution < 1.29 is 8.42 Å². The van der Waals surface area contributed by atoms with Gasteiger partial charge in [0.15, 0.2) is 9.84 Å². The highest BCUT2D eigenvalue weighted by molar-refractivity contribution is 7.92. The van der Waals surface area contributed by atoms with Crippen LogP contribution in [0.5, 0.6) is 0 Å². The van der Waals surface area contributed by atoms with Crippen LogP contribution in [0.2, 0.25) is 0 Å². The third kappa shape index (κ3) is 4.42. The summed E-state index contributed by atoms with van der Waals surface area (Å²) in [6, 6.07) is 21.0. The van der Waals surface area contributed by atoms with E-state index in [-0.39, 0.29) is 11.3 Å². The molecule has 2 saturated heterocycles. The van der Waals surface area contributed by atoms with E-state index in [4.69, 9.17) is 0 Å². The van der Waals surface area contributed by atoms with Crippen LogP contribution in [0.4, 0.5) is 0 Å². The maximum Gasteiger partial charge on any atom is 0.157 e. The summed E-state index contributed by atoms with van der Waals surface area (Å²) in [4.78, 5) is 4.74. The number of fused-ring (bicyclic) bond motifs is 1. The van der Waals surface area contributed by atoms with E-state index < -0.39 is 9.84 Å². The Hall–Kier alpha value is -1.69. The predicted octanol–water partition coefficient (Wildman–Crippen LogP) is 2.60. The largest absolute Gasteiger partial charge is 0.298 e. The van der Waals surface area contributed by atoms with Gasteiger partial charge in [-0.15, -0.1) is 0 Å². The molecule has 2 aliphatic rings. The molecular weight excluding hydrogens is 356 g/mol. The fourth-order valence-electron chi connectivity index (χ4n) is 4.48. The zero-order chi connectivity index (χ0) is 18.7. The molecular formula is C22H28N2O2S. The Labute approximate surface area is 162 Å². The smallest absolute Gasteiger partial charge is 0.157 e. The average molecular weight is 385 g/mol. The average Bonchev–Trinajstić information content (AvgIpc) is 2.69. The van der Waals surface area contributed by atoms with E-state index in [9.17, 15) is 8.42 Å². The second-order valence-corrected chi connectivity index (χ2v) is 10.1. The minimum atomic E-state index is -3.01. The zero-order valence-corrected chi connectivity index (χ0v) is 16.5. The van der Waals surface area contributed by atoms with Crippen LogP contribution in [0.25, 0.3) is 0 Å². The molecule has 4 rings (SSSR count). The van der Waals surface area contributed by atoms with E-state index in [1.807, 2.05) is 24.3 Å². The predicted molar refractivity (Wildman–Crippen MR) is 109 cm³/mol. The molecule has 2 aliphatic heterocycles. The SMILES string of the molecule is O=S1(=O)CCN(CCc2ccccc2)[C@@H]2CCN(Cc3ccccc3)C[C@H]21. The lowest BCUT2D eigenvalue weighted by Crippen LogP contribution is -2.61. The van der Waals surface area contributed by atoms with Crippen molar-refractivity contribution in [3.05, 3.63) is 71.8 Å². The lowest BCUT2D eigenvalue weighted by atomic mass is 10.0. The third-order valence-electron chi connectivity index (χ3n) is 5.98. The number of hydrogen-bond acceptors (Lipinski definition) is 4. The van der Waals surface area contributed by atoms with E-state index in [1.54, 1.807) is 0 Å². The third-order valence-corrected chi connectivity index (χ3v) is 8.12. The molecule has 2 aromatic rings. The normalized spacial score (nSPS) is 25.8. The Kier molecular flexibility index (Phi) is 5.62. The van der Waals surface area contributed by atoms with E-state index in [2.05, 4.69) is 46.2 Å². The Morgan fingerprint density at radius 3 is 2.26 bits per heavy atom. The number of hydrogen-bond donors (Lipinski definition) is 0. The Morgan fingerprint density at radius 2 is 1.56 bits per heavy atom. The number of nitrogens with zero attached hydrogens (tertiary/aromatic N) is 2. The van der Waals surface area contributed by atoms with Crippen LogP contribution in [-0.2, 0) is 22.8 Å². The number of rotatable bonds is 5. The molecule has 0 unspecified atom stereocenters. The van der Waals surface area contributed by atoms with Gasteiger partial charge in [0, 0.05) is 38.8 Å². The number of benzene rings is 2. The molecule has 2 fully saturated rings. The number of sulfone groups is 1. The van der Waals surface area contributed by atoms with Crippen LogP contribution in [0.15, 0.2) is 60.7 Å². The van der Waals surface area contributed by atoms with Crippen LogP contribution in [-0.4, -0.2) is 61.4 Å². The molecule has 0 amide bonds. The van der Waals surface area contributed by atoms with Gasteiger partial charge in [0.1, 0.15) is 0 Å². The van der Waals surface area contributed by atoms with Crippen molar-refractivity contribution in [3.63, 3.8) is 0 Å². The molecule has 2 heterocycles. The monoisotopic (exact) mass is 384 g/mol.